The van der Waals surface area contributed by atoms with Crippen LogP contribution in [0.1, 0.15) is 12.0 Å². The molecule has 2 aliphatic carbocycles. The molecule has 2 aliphatic rings. The van der Waals surface area contributed by atoms with Crippen molar-refractivity contribution in [2.45, 2.75) is 6.42 Å². The molecule has 2 heteroatoms. The predicted octanol–water partition coefficient (Wildman–Crippen LogP) is 3.99. The molecule has 0 aromatic heterocycles. The summed E-state index contributed by atoms with van der Waals surface area (Å²) in [5.41, 5.74) is 4.25. The van der Waals surface area contributed by atoms with Gasteiger partial charge in [-0.3, -0.25) is 0 Å². The molecule has 0 spiro atoms. The molecule has 0 aliphatic heterocycles. The molecule has 87 valence electrons. The van der Waals surface area contributed by atoms with E-state index in [-0.39, 0.29) is 15.7 Å². The van der Waals surface area contributed by atoms with Crippen molar-refractivity contribution < 1.29 is 15.7 Å². The van der Waals surface area contributed by atoms with Gasteiger partial charge in [-0.15, -0.1) is 0 Å². The predicted molar refractivity (Wildman–Crippen MR) is 70.6 cm³/mol. The van der Waals surface area contributed by atoms with Crippen LogP contribution in [0.3, 0.4) is 0 Å². The second-order valence-electron chi connectivity index (χ2n) is 4.20. The number of benzene rings is 1. The molecule has 0 amide bonds. The van der Waals surface area contributed by atoms with Gasteiger partial charge in [0.25, 0.3) is 0 Å². The Hall–Kier alpha value is -0.777. The van der Waals surface area contributed by atoms with Crippen molar-refractivity contribution in [2.75, 3.05) is 0 Å². The zero-order valence-electron chi connectivity index (χ0n) is 9.21. The van der Waals surface area contributed by atoms with E-state index in [9.17, 15) is 0 Å². The summed E-state index contributed by atoms with van der Waals surface area (Å²) in [5.74, 6) is 0.478. The average Bonchev–Trinajstić information content (AvgIpc) is 2.78. The number of halogens is 1. The van der Waals surface area contributed by atoms with Crippen molar-refractivity contribution in [3.8, 4) is 0 Å². The van der Waals surface area contributed by atoms with Gasteiger partial charge in [0.2, 0.25) is 0 Å². The maximum absolute atomic E-state index is 6.15. The summed E-state index contributed by atoms with van der Waals surface area (Å²) in [6.45, 7) is 0. The fourth-order valence-corrected chi connectivity index (χ4v) is 4.28. The van der Waals surface area contributed by atoms with Gasteiger partial charge in [0, 0.05) is 0 Å². The summed E-state index contributed by atoms with van der Waals surface area (Å²) in [4.78, 5) is 0. The number of fused-ring (bicyclic) bond motifs is 1. The van der Waals surface area contributed by atoms with Gasteiger partial charge in [-0.2, -0.15) is 0 Å². The Morgan fingerprint density at radius 1 is 1.12 bits per heavy atom. The van der Waals surface area contributed by atoms with Crippen molar-refractivity contribution in [2.24, 2.45) is 5.92 Å². The van der Waals surface area contributed by atoms with Crippen molar-refractivity contribution in [3.63, 3.8) is 0 Å². The van der Waals surface area contributed by atoms with Gasteiger partial charge in [0.15, 0.2) is 0 Å². The third-order valence-electron chi connectivity index (χ3n) is 3.25. The van der Waals surface area contributed by atoms with Crippen LogP contribution in [0.4, 0.5) is 0 Å². The molecular formula is C15H12ClRu. The van der Waals surface area contributed by atoms with E-state index in [1.54, 1.807) is 0 Å². The van der Waals surface area contributed by atoms with Crippen molar-refractivity contribution in [1.82, 2.24) is 0 Å². The average molecular weight is 329 g/mol. The fraction of sp³-hybridized carbons (Fsp3) is 0.133. The van der Waals surface area contributed by atoms with E-state index in [1.807, 2.05) is 0 Å². The van der Waals surface area contributed by atoms with Gasteiger partial charge < -0.3 is 0 Å². The van der Waals surface area contributed by atoms with E-state index in [2.05, 4.69) is 54.6 Å². The van der Waals surface area contributed by atoms with E-state index in [4.69, 9.17) is 9.69 Å². The summed E-state index contributed by atoms with van der Waals surface area (Å²) < 4.78 is 1.51. The molecule has 0 N–H and O–H groups in total. The van der Waals surface area contributed by atoms with Gasteiger partial charge >= 0.3 is 113 Å². The van der Waals surface area contributed by atoms with Gasteiger partial charge in [-0.25, -0.2) is 0 Å². The third-order valence-corrected chi connectivity index (χ3v) is 5.54. The van der Waals surface area contributed by atoms with Crippen molar-refractivity contribution in [3.05, 3.63) is 65.8 Å². The van der Waals surface area contributed by atoms with E-state index in [0.717, 1.165) is 6.42 Å². The topological polar surface area (TPSA) is 0 Å². The zero-order chi connectivity index (χ0) is 11.7. The second-order valence-corrected chi connectivity index (χ2v) is 6.43. The molecule has 0 saturated heterocycles. The Balaban J connectivity index is 2.11. The molecule has 1 aromatic rings. The van der Waals surface area contributed by atoms with Gasteiger partial charge in [0.05, 0.1) is 0 Å². The third kappa shape index (κ3) is 2.03. The first kappa shape index (κ1) is 11.3. The Labute approximate surface area is 113 Å². The molecule has 0 radical (unpaired) electrons. The van der Waals surface area contributed by atoms with Crippen LogP contribution in [0, 0.1) is 5.92 Å². The van der Waals surface area contributed by atoms with Crippen LogP contribution in [0.15, 0.2) is 60.2 Å². The van der Waals surface area contributed by atoms with E-state index in [0.29, 0.717) is 5.92 Å². The van der Waals surface area contributed by atoms with Crippen LogP contribution in [0.25, 0.3) is 5.57 Å². The fourth-order valence-electron chi connectivity index (χ4n) is 2.45. The SMILES string of the molecule is [Cl][Ru]=[C]1CC(c2ccccc2)=C2C=CC=CC12. The number of allylic oxidation sites excluding steroid dienone is 6. The summed E-state index contributed by atoms with van der Waals surface area (Å²) >= 11 is -0.126. The van der Waals surface area contributed by atoms with Crippen LogP contribution in [0.2, 0.25) is 0 Å². The summed E-state index contributed by atoms with van der Waals surface area (Å²) in [6, 6.07) is 10.7. The van der Waals surface area contributed by atoms with Crippen LogP contribution >= 0.6 is 9.69 Å². The first-order chi connectivity index (χ1) is 8.40. The molecular weight excluding hydrogens is 317 g/mol. The molecule has 0 bridgehead atoms. The Kier molecular flexibility index (Phi) is 3.22. The summed E-state index contributed by atoms with van der Waals surface area (Å²) in [7, 11) is 6.15. The first-order valence-corrected chi connectivity index (χ1v) is 8.73. The van der Waals surface area contributed by atoms with Crippen molar-refractivity contribution >= 4 is 19.4 Å². The van der Waals surface area contributed by atoms with Crippen LogP contribution in [0.5, 0.6) is 0 Å². The van der Waals surface area contributed by atoms with E-state index >= 15 is 0 Å². The van der Waals surface area contributed by atoms with Gasteiger partial charge in [-0.05, 0) is 0 Å². The Morgan fingerprint density at radius 2 is 1.94 bits per heavy atom. The molecule has 1 atom stereocenters. The molecule has 1 aromatic carbocycles. The molecule has 3 rings (SSSR count). The maximum atomic E-state index is 6.15. The number of rotatable bonds is 1. The quantitative estimate of drug-likeness (QED) is 0.684. The molecule has 0 heterocycles. The number of hydrogen-bond donors (Lipinski definition) is 0. The standard InChI is InChI=1S/C15H12.ClH.Ru/c1-2-6-12(7-3-1)15-11-10-13-8-4-5-9-14(13)15;;/h1-9,13H,11H2;1H;/q;;+1/p-1. The molecule has 0 nitrogen and oxygen atoms in total. The van der Waals surface area contributed by atoms with E-state index < -0.39 is 0 Å². The molecule has 17 heavy (non-hydrogen) atoms. The van der Waals surface area contributed by atoms with Crippen LogP contribution in [-0.4, -0.2) is 4.11 Å². The number of hydrogen-bond acceptors (Lipinski definition) is 0. The van der Waals surface area contributed by atoms with Gasteiger partial charge in [-0.1, -0.05) is 0 Å². The van der Waals surface area contributed by atoms with Gasteiger partial charge in [0.1, 0.15) is 0 Å². The Morgan fingerprint density at radius 3 is 2.71 bits per heavy atom. The molecule has 0 fully saturated rings. The summed E-state index contributed by atoms with van der Waals surface area (Å²) in [5, 5.41) is 0. The zero-order valence-corrected chi connectivity index (χ0v) is 11.7. The molecule has 1 unspecified atom stereocenters. The van der Waals surface area contributed by atoms with Crippen LogP contribution < -0.4 is 0 Å². The monoisotopic (exact) mass is 329 g/mol. The first-order valence-electron chi connectivity index (χ1n) is 5.63. The molecule has 0 saturated carbocycles. The Bertz CT molecular complexity index is 550. The van der Waals surface area contributed by atoms with Crippen LogP contribution in [-0.2, 0) is 15.7 Å². The second kappa shape index (κ2) is 4.84. The van der Waals surface area contributed by atoms with E-state index in [1.165, 1.54) is 20.8 Å². The minimum absolute atomic E-state index is 0.126. The minimum atomic E-state index is -0.126. The normalized spacial score (nSPS) is 25.0. The van der Waals surface area contributed by atoms with Crippen molar-refractivity contribution in [1.29, 1.82) is 0 Å². The summed E-state index contributed by atoms with van der Waals surface area (Å²) in [6.07, 6.45) is 9.84.